The van der Waals surface area contributed by atoms with Crippen molar-refractivity contribution in [3.8, 4) is 0 Å². The number of amides is 3. The number of carbonyl (C=O) groups is 4. The smallest absolute Gasteiger partial charge is 0.300 e. The van der Waals surface area contributed by atoms with Gasteiger partial charge < -0.3 is 25.3 Å². The largest absolute Gasteiger partial charge is 0.481 e. The molecule has 0 spiro atoms. The number of carbonyl (C=O) groups excluding carboxylic acids is 3. The van der Waals surface area contributed by atoms with Crippen LogP contribution >= 0.6 is 0 Å². The zero-order valence-corrected chi connectivity index (χ0v) is 19.0. The minimum atomic E-state index is -0.833. The molecule has 1 aliphatic carbocycles. The van der Waals surface area contributed by atoms with E-state index in [1.54, 1.807) is 0 Å². The number of hydrogen-bond acceptors (Lipinski definition) is 5. The number of aliphatic hydroxyl groups is 1. The normalized spacial score (nSPS) is 24.7. The molecular formula is C24H33N3O6. The van der Waals surface area contributed by atoms with Gasteiger partial charge in [-0.3, -0.25) is 19.2 Å². The topological polar surface area (TPSA) is 127 Å². The van der Waals surface area contributed by atoms with Crippen molar-refractivity contribution in [3.63, 3.8) is 0 Å². The van der Waals surface area contributed by atoms with Gasteiger partial charge in [0.25, 0.3) is 5.97 Å². The summed E-state index contributed by atoms with van der Waals surface area (Å²) < 4.78 is 0. The van der Waals surface area contributed by atoms with Crippen LogP contribution in [0.3, 0.4) is 0 Å². The fourth-order valence-corrected chi connectivity index (χ4v) is 5.16. The van der Waals surface area contributed by atoms with Crippen molar-refractivity contribution in [2.45, 2.75) is 63.6 Å². The molecule has 0 radical (unpaired) electrons. The number of carboxylic acid groups (broad SMARTS) is 1. The van der Waals surface area contributed by atoms with Gasteiger partial charge in [0.2, 0.25) is 17.7 Å². The van der Waals surface area contributed by atoms with Gasteiger partial charge in [-0.2, -0.15) is 0 Å². The van der Waals surface area contributed by atoms with Crippen molar-refractivity contribution in [1.82, 2.24) is 15.1 Å². The van der Waals surface area contributed by atoms with Gasteiger partial charge in [0.05, 0.1) is 31.2 Å². The fourth-order valence-electron chi connectivity index (χ4n) is 5.16. The SMILES string of the molecule is CC(=O)O.O=C(NC1CCCC1)[C@H]1C[C@H]2CN(C(=O)CCO)CC(=O)N2[C@H]1c1ccccc1. The summed E-state index contributed by atoms with van der Waals surface area (Å²) in [7, 11) is 0. The average Bonchev–Trinajstić information content (AvgIpc) is 3.42. The molecule has 0 bridgehead atoms. The Morgan fingerprint density at radius 1 is 1.12 bits per heavy atom. The fraction of sp³-hybridized carbons (Fsp3) is 0.583. The molecule has 3 atom stereocenters. The highest BCUT2D eigenvalue weighted by molar-refractivity contribution is 5.89. The molecule has 4 rings (SSSR count). The predicted molar refractivity (Wildman–Crippen MR) is 120 cm³/mol. The summed E-state index contributed by atoms with van der Waals surface area (Å²) in [5, 5.41) is 19.7. The van der Waals surface area contributed by atoms with Crippen LogP contribution in [0.2, 0.25) is 0 Å². The summed E-state index contributed by atoms with van der Waals surface area (Å²) in [5.41, 5.74) is 0.963. The lowest BCUT2D eigenvalue weighted by molar-refractivity contribution is -0.149. The molecule has 3 N–H and O–H groups in total. The van der Waals surface area contributed by atoms with Crippen LogP contribution in [0.25, 0.3) is 0 Å². The zero-order chi connectivity index (χ0) is 24.0. The highest BCUT2D eigenvalue weighted by Crippen LogP contribution is 2.43. The van der Waals surface area contributed by atoms with Crippen LogP contribution in [-0.2, 0) is 19.2 Å². The maximum absolute atomic E-state index is 13.2. The van der Waals surface area contributed by atoms with Crippen molar-refractivity contribution < 1.29 is 29.4 Å². The molecule has 2 heterocycles. The van der Waals surface area contributed by atoms with E-state index in [0.717, 1.165) is 38.2 Å². The van der Waals surface area contributed by atoms with Crippen molar-refractivity contribution in [2.24, 2.45) is 5.92 Å². The second kappa shape index (κ2) is 11.3. The van der Waals surface area contributed by atoms with E-state index in [1.807, 2.05) is 35.2 Å². The Morgan fingerprint density at radius 2 is 1.76 bits per heavy atom. The molecule has 3 aliphatic rings. The van der Waals surface area contributed by atoms with Gasteiger partial charge >= 0.3 is 0 Å². The average molecular weight is 460 g/mol. The summed E-state index contributed by atoms with van der Waals surface area (Å²) in [6.45, 7) is 1.29. The van der Waals surface area contributed by atoms with Crippen LogP contribution in [0.15, 0.2) is 30.3 Å². The molecule has 3 fully saturated rings. The summed E-state index contributed by atoms with van der Waals surface area (Å²) in [6, 6.07) is 9.49. The predicted octanol–water partition coefficient (Wildman–Crippen LogP) is 1.32. The van der Waals surface area contributed by atoms with Gasteiger partial charge in [0.1, 0.15) is 0 Å². The van der Waals surface area contributed by atoms with Crippen LogP contribution in [0.5, 0.6) is 0 Å². The van der Waals surface area contributed by atoms with Gasteiger partial charge in [0.15, 0.2) is 0 Å². The maximum atomic E-state index is 13.2. The molecule has 180 valence electrons. The summed E-state index contributed by atoms with van der Waals surface area (Å²) in [5.74, 6) is -1.48. The number of benzene rings is 1. The highest BCUT2D eigenvalue weighted by atomic mass is 16.4. The van der Waals surface area contributed by atoms with E-state index in [0.29, 0.717) is 13.0 Å². The van der Waals surface area contributed by atoms with Crippen molar-refractivity contribution >= 4 is 23.7 Å². The Hall–Kier alpha value is -2.94. The molecule has 9 heteroatoms. The molecule has 2 aliphatic heterocycles. The second-order valence-electron chi connectivity index (χ2n) is 8.91. The first kappa shape index (κ1) is 24.7. The zero-order valence-electron chi connectivity index (χ0n) is 19.0. The van der Waals surface area contributed by atoms with Crippen molar-refractivity contribution in [2.75, 3.05) is 19.7 Å². The number of aliphatic hydroxyl groups excluding tert-OH is 1. The number of carboxylic acids is 1. The lowest BCUT2D eigenvalue weighted by Gasteiger charge is -2.40. The van der Waals surface area contributed by atoms with Crippen LogP contribution < -0.4 is 5.32 Å². The van der Waals surface area contributed by atoms with Crippen molar-refractivity contribution in [1.29, 1.82) is 0 Å². The minimum Gasteiger partial charge on any atom is -0.481 e. The maximum Gasteiger partial charge on any atom is 0.300 e. The first-order chi connectivity index (χ1) is 15.8. The quantitative estimate of drug-likeness (QED) is 0.609. The summed E-state index contributed by atoms with van der Waals surface area (Å²) in [4.78, 5) is 50.8. The Morgan fingerprint density at radius 3 is 2.36 bits per heavy atom. The van der Waals surface area contributed by atoms with E-state index in [9.17, 15) is 14.4 Å². The van der Waals surface area contributed by atoms with Gasteiger partial charge in [-0.05, 0) is 24.8 Å². The Kier molecular flexibility index (Phi) is 8.43. The van der Waals surface area contributed by atoms with Crippen molar-refractivity contribution in [3.05, 3.63) is 35.9 Å². The molecular weight excluding hydrogens is 426 g/mol. The molecule has 33 heavy (non-hydrogen) atoms. The lowest BCUT2D eigenvalue weighted by Crippen LogP contribution is -2.56. The van der Waals surface area contributed by atoms with Gasteiger partial charge in [0, 0.05) is 25.9 Å². The number of fused-ring (bicyclic) bond motifs is 1. The van der Waals surface area contributed by atoms with E-state index in [4.69, 9.17) is 15.0 Å². The van der Waals surface area contributed by atoms with E-state index in [-0.39, 0.29) is 61.3 Å². The number of piperazine rings is 1. The molecule has 0 unspecified atom stereocenters. The summed E-state index contributed by atoms with van der Waals surface area (Å²) >= 11 is 0. The Bertz CT molecular complexity index is 851. The highest BCUT2D eigenvalue weighted by Gasteiger charge is 2.50. The van der Waals surface area contributed by atoms with Gasteiger partial charge in [-0.1, -0.05) is 43.2 Å². The lowest BCUT2D eigenvalue weighted by atomic mass is 9.92. The summed E-state index contributed by atoms with van der Waals surface area (Å²) in [6.07, 6.45) is 4.90. The van der Waals surface area contributed by atoms with Crippen LogP contribution in [0, 0.1) is 5.92 Å². The molecule has 2 saturated heterocycles. The minimum absolute atomic E-state index is 0.00955. The number of hydrogen-bond donors (Lipinski definition) is 3. The first-order valence-corrected chi connectivity index (χ1v) is 11.6. The number of nitrogens with one attached hydrogen (secondary N) is 1. The van der Waals surface area contributed by atoms with Gasteiger partial charge in [-0.15, -0.1) is 0 Å². The molecule has 1 aromatic carbocycles. The van der Waals surface area contributed by atoms with Crippen LogP contribution in [0.4, 0.5) is 0 Å². The third kappa shape index (κ3) is 6.10. The third-order valence-electron chi connectivity index (χ3n) is 6.50. The van der Waals surface area contributed by atoms with E-state index >= 15 is 0 Å². The number of rotatable bonds is 5. The van der Waals surface area contributed by atoms with E-state index in [2.05, 4.69) is 5.32 Å². The standard InChI is InChI=1S/C22H29N3O4.C2H4O2/c26-11-10-19(27)24-13-17-12-18(22(29)23-16-8-4-5-9-16)21(25(17)20(28)14-24)15-6-2-1-3-7-15;1-2(3)4/h1-3,6-7,16-18,21,26H,4-5,8-14H2,(H,23,29);1H3,(H,3,4)/t17-,18-,21-;/m0./s1. The van der Waals surface area contributed by atoms with Crippen LogP contribution in [-0.4, -0.2) is 75.5 Å². The number of aliphatic carboxylic acids is 1. The first-order valence-electron chi connectivity index (χ1n) is 11.6. The molecule has 1 saturated carbocycles. The Labute approximate surface area is 193 Å². The molecule has 3 amide bonds. The number of nitrogens with zero attached hydrogens (tertiary/aromatic N) is 2. The molecule has 0 aromatic heterocycles. The Balaban J connectivity index is 0.000000709. The molecule has 1 aromatic rings. The van der Waals surface area contributed by atoms with E-state index in [1.165, 1.54) is 4.90 Å². The van der Waals surface area contributed by atoms with Gasteiger partial charge in [-0.25, -0.2) is 0 Å². The van der Waals surface area contributed by atoms with E-state index < -0.39 is 5.97 Å². The second-order valence-corrected chi connectivity index (χ2v) is 8.91. The molecule has 9 nitrogen and oxygen atoms in total. The van der Waals surface area contributed by atoms with Crippen LogP contribution in [0.1, 0.15) is 57.1 Å². The third-order valence-corrected chi connectivity index (χ3v) is 6.50. The monoisotopic (exact) mass is 459 g/mol.